The number of primary amides is 1. The van der Waals surface area contributed by atoms with Crippen LogP contribution in [0.3, 0.4) is 0 Å². The van der Waals surface area contributed by atoms with Gasteiger partial charge in [0.15, 0.2) is 0 Å². The van der Waals surface area contributed by atoms with Crippen LogP contribution in [0.2, 0.25) is 0 Å². The van der Waals surface area contributed by atoms with Crippen molar-refractivity contribution in [1.82, 2.24) is 29.4 Å². The molecule has 1 fully saturated rings. The van der Waals surface area contributed by atoms with E-state index in [0.29, 0.717) is 18.0 Å². The molecule has 5 aromatic rings. The molecule has 0 atom stereocenters. The maximum Gasteiger partial charge on any atom is 0.417 e. The van der Waals surface area contributed by atoms with E-state index in [1.807, 2.05) is 17.6 Å². The van der Waals surface area contributed by atoms with E-state index < -0.39 is 23.8 Å². The van der Waals surface area contributed by atoms with Gasteiger partial charge in [0, 0.05) is 53.0 Å². The van der Waals surface area contributed by atoms with Crippen molar-refractivity contribution in [2.24, 2.45) is 5.73 Å². The van der Waals surface area contributed by atoms with E-state index in [4.69, 9.17) is 19.9 Å². The van der Waals surface area contributed by atoms with Gasteiger partial charge in [0.05, 0.1) is 12.2 Å². The van der Waals surface area contributed by atoms with Gasteiger partial charge in [-0.15, -0.1) is 0 Å². The number of amides is 3. The van der Waals surface area contributed by atoms with E-state index >= 15 is 0 Å². The Hall–Kier alpha value is -6.03. The lowest BCUT2D eigenvalue weighted by molar-refractivity contribution is -0.704. The normalized spacial score (nSPS) is 13.9. The largest absolute Gasteiger partial charge is 0.459 e. The Balaban J connectivity index is 1.15. The second-order valence-electron chi connectivity index (χ2n) is 16.6. The number of aromatic nitrogens is 5. The van der Waals surface area contributed by atoms with Crippen molar-refractivity contribution in [3.63, 3.8) is 0 Å². The first-order chi connectivity index (χ1) is 27.9. The van der Waals surface area contributed by atoms with Gasteiger partial charge in [-0.2, -0.15) is 4.57 Å². The number of H-pyrrole nitrogens is 1. The molecule has 1 aliphatic rings. The molecule has 1 aliphatic heterocycles. The zero-order chi connectivity index (χ0) is 42.8. The topological polar surface area (TPSA) is 182 Å². The maximum atomic E-state index is 13.4. The number of rotatable bonds is 12. The number of carbonyl (C=O) groups excluding carboxylic acids is 4. The maximum absolute atomic E-state index is 13.4. The minimum absolute atomic E-state index is 0.117. The highest BCUT2D eigenvalue weighted by Gasteiger charge is 2.28. The van der Waals surface area contributed by atoms with Gasteiger partial charge in [-0.25, -0.2) is 14.6 Å². The van der Waals surface area contributed by atoms with Crippen molar-refractivity contribution in [2.75, 3.05) is 45.2 Å². The van der Waals surface area contributed by atoms with Crippen LogP contribution in [0.5, 0.6) is 0 Å². The molecule has 3 N–H and O–H groups in total. The van der Waals surface area contributed by atoms with Crippen LogP contribution in [-0.2, 0) is 37.1 Å². The van der Waals surface area contributed by atoms with Crippen LogP contribution >= 0.6 is 0 Å². The molecule has 3 amide bonds. The van der Waals surface area contributed by atoms with Gasteiger partial charge in [-0.3, -0.25) is 19.4 Å². The molecule has 4 aromatic heterocycles. The van der Waals surface area contributed by atoms with Crippen molar-refractivity contribution in [1.29, 1.82) is 0 Å². The highest BCUT2D eigenvalue weighted by Crippen LogP contribution is 2.40. The number of nitrogens with two attached hydrogens (primary N) is 1. The predicted octanol–water partition coefficient (Wildman–Crippen LogP) is 5.71. The number of benzene rings is 1. The fourth-order valence-electron chi connectivity index (χ4n) is 7.67. The van der Waals surface area contributed by atoms with E-state index in [-0.39, 0.29) is 37.5 Å². The van der Waals surface area contributed by atoms with Crippen molar-refractivity contribution in [3.05, 3.63) is 76.9 Å². The number of nitrogens with zero attached hydrogens (tertiary/aromatic N) is 7. The van der Waals surface area contributed by atoms with Gasteiger partial charge in [0.25, 0.3) is 12.0 Å². The number of aromatic amines is 1. The number of pyridine rings is 2. The summed E-state index contributed by atoms with van der Waals surface area (Å²) in [6.07, 6.45) is 5.81. The monoisotopic (exact) mass is 810 g/mol. The number of piperidine rings is 1. The molecular weight excluding hydrogens is 755 g/mol. The van der Waals surface area contributed by atoms with Crippen LogP contribution < -0.4 is 15.2 Å². The Labute approximate surface area is 344 Å². The predicted molar refractivity (Wildman–Crippen MR) is 222 cm³/mol. The summed E-state index contributed by atoms with van der Waals surface area (Å²) in [6, 6.07) is 10.1. The summed E-state index contributed by atoms with van der Waals surface area (Å²) >= 11 is 0. The number of carbonyl (C=O) groups is 4. The highest BCUT2D eigenvalue weighted by atomic mass is 16.6. The van der Waals surface area contributed by atoms with E-state index in [1.165, 1.54) is 41.7 Å². The summed E-state index contributed by atoms with van der Waals surface area (Å²) in [5.74, 6) is -0.0334. The second kappa shape index (κ2) is 17.4. The van der Waals surface area contributed by atoms with Crippen LogP contribution in [0.15, 0.2) is 49.1 Å². The fourth-order valence-corrected chi connectivity index (χ4v) is 7.67. The molecule has 16 nitrogen and oxygen atoms in total. The molecule has 1 saturated heterocycles. The standard InChI is InChI=1S/C43H55N9O7/c1-26(2)37-32-19-30(29-14-17-50(18-15-29)21-35(44)53)12-13-34(32)47-38(37)33-20-52-40(28(4)27(33)3)51(24-46-52)25-58-42(56)49(9)39-31(11-10-16-45-39)23-57-36(54)22-48(8)41(55)59-43(5,6)7/h10-13,16,19-20,24,26,29,47H,14-15,17-18,21-23,25H2,1-9H3,(H-,44,53)/p+1. The summed E-state index contributed by atoms with van der Waals surface area (Å²) in [4.78, 5) is 62.3. The number of hydrogen-bond donors (Lipinski definition) is 2. The lowest BCUT2D eigenvalue weighted by atomic mass is 9.87. The average Bonchev–Trinajstić information content (AvgIpc) is 3.78. The van der Waals surface area contributed by atoms with E-state index in [0.717, 1.165) is 64.4 Å². The van der Waals surface area contributed by atoms with Gasteiger partial charge in [0.1, 0.15) is 30.8 Å². The number of ether oxygens (including phenoxy) is 3. The van der Waals surface area contributed by atoms with Gasteiger partial charge >= 0.3 is 18.2 Å². The van der Waals surface area contributed by atoms with Crippen molar-refractivity contribution in [3.8, 4) is 11.3 Å². The van der Waals surface area contributed by atoms with Crippen LogP contribution in [-0.4, -0.2) is 99.3 Å². The summed E-state index contributed by atoms with van der Waals surface area (Å²) in [5.41, 5.74) is 13.7. The van der Waals surface area contributed by atoms with Gasteiger partial charge < -0.3 is 29.8 Å². The molecule has 16 heteroatoms. The number of fused-ring (bicyclic) bond motifs is 2. The van der Waals surface area contributed by atoms with Crippen molar-refractivity contribution < 1.29 is 38.0 Å². The van der Waals surface area contributed by atoms with Crippen LogP contribution in [0.4, 0.5) is 15.4 Å². The molecule has 0 saturated carbocycles. The van der Waals surface area contributed by atoms with E-state index in [9.17, 15) is 19.2 Å². The molecule has 0 bridgehead atoms. The number of anilines is 1. The lowest BCUT2D eigenvalue weighted by Gasteiger charge is -2.31. The van der Waals surface area contributed by atoms with Crippen LogP contribution in [0, 0.1) is 13.8 Å². The van der Waals surface area contributed by atoms with Crippen LogP contribution in [0.1, 0.15) is 87.1 Å². The minimum Gasteiger partial charge on any atom is -0.459 e. The molecule has 0 radical (unpaired) electrons. The number of likely N-dealkylation sites (tertiary alicyclic amines) is 1. The Morgan fingerprint density at radius 1 is 1.03 bits per heavy atom. The molecule has 314 valence electrons. The Morgan fingerprint density at radius 3 is 2.44 bits per heavy atom. The van der Waals surface area contributed by atoms with Gasteiger partial charge in [0.2, 0.25) is 12.6 Å². The Bertz CT molecular complexity index is 2370. The zero-order valence-electron chi connectivity index (χ0n) is 35.5. The first kappa shape index (κ1) is 42.6. The minimum atomic E-state index is -0.706. The zero-order valence-corrected chi connectivity index (χ0v) is 35.5. The lowest BCUT2D eigenvalue weighted by Crippen LogP contribution is -2.39. The first-order valence-electron chi connectivity index (χ1n) is 19.9. The third-order valence-electron chi connectivity index (χ3n) is 10.8. The number of aryl methyl sites for hydroxylation is 1. The van der Waals surface area contributed by atoms with Crippen LogP contribution in [0.25, 0.3) is 27.8 Å². The first-order valence-corrected chi connectivity index (χ1v) is 19.9. The number of hydrogen-bond acceptors (Lipinski definition) is 10. The quantitative estimate of drug-likeness (QED) is 0.0900. The number of nitrogens with one attached hydrogen (secondary N) is 1. The van der Waals surface area contributed by atoms with E-state index in [1.54, 1.807) is 43.8 Å². The molecule has 0 unspecified atom stereocenters. The third-order valence-corrected chi connectivity index (χ3v) is 10.8. The molecule has 5 heterocycles. The SMILES string of the molecule is Cc1c(-c2[nH]c3ccc(C4CCN(CC(N)=O)CC4)cc3c2C(C)C)cn2nc[n+](COC(=O)N(C)c3ncccc3COC(=O)CN(C)C(=O)OC(C)(C)C)c2c1C. The molecule has 0 spiro atoms. The molecule has 6 rings (SSSR count). The van der Waals surface area contributed by atoms with E-state index in [2.05, 4.69) is 58.9 Å². The second-order valence-corrected chi connectivity index (χ2v) is 16.6. The molecule has 59 heavy (non-hydrogen) atoms. The molecular formula is C43H56N9O7+. The summed E-state index contributed by atoms with van der Waals surface area (Å²) < 4.78 is 20.1. The smallest absolute Gasteiger partial charge is 0.417 e. The highest BCUT2D eigenvalue weighted by molar-refractivity contribution is 5.93. The Morgan fingerprint density at radius 2 is 1.76 bits per heavy atom. The molecule has 0 aliphatic carbocycles. The molecule has 1 aromatic carbocycles. The number of esters is 1. The van der Waals surface area contributed by atoms with Crippen molar-refractivity contribution >= 4 is 46.4 Å². The van der Waals surface area contributed by atoms with Gasteiger partial charge in [-0.1, -0.05) is 30.5 Å². The summed E-state index contributed by atoms with van der Waals surface area (Å²) in [7, 11) is 2.97. The average molecular weight is 811 g/mol. The van der Waals surface area contributed by atoms with Gasteiger partial charge in [-0.05, 0) is 107 Å². The third kappa shape index (κ3) is 9.65. The summed E-state index contributed by atoms with van der Waals surface area (Å²) in [6.45, 7) is 15.2. The number of likely N-dealkylation sites (N-methyl/N-ethyl adjacent to an activating group) is 1. The Kier molecular flexibility index (Phi) is 12.6. The summed E-state index contributed by atoms with van der Waals surface area (Å²) in [5, 5.41) is 5.86. The fraction of sp³-hybridized carbons (Fsp3) is 0.465. The van der Waals surface area contributed by atoms with Crippen molar-refractivity contribution in [2.45, 2.75) is 92.1 Å².